The predicted octanol–water partition coefficient (Wildman–Crippen LogP) is 1.97. The third-order valence-electron chi connectivity index (χ3n) is 8.40. The van der Waals surface area contributed by atoms with Crippen LogP contribution >= 0.6 is 38.1 Å². The lowest BCUT2D eigenvalue weighted by atomic mass is 9.83. The van der Waals surface area contributed by atoms with E-state index in [0.717, 1.165) is 0 Å². The number of aliphatic hydroxyl groups excluding tert-OH is 1. The van der Waals surface area contributed by atoms with Gasteiger partial charge in [-0.15, -0.1) is 0 Å². The van der Waals surface area contributed by atoms with E-state index in [1.807, 2.05) is 12.2 Å². The van der Waals surface area contributed by atoms with Crippen LogP contribution in [0.4, 0.5) is 11.6 Å². The maximum atomic E-state index is 13.9. The number of aliphatic hydroxyl groups is 1. The van der Waals surface area contributed by atoms with Crippen LogP contribution in [0, 0.1) is 5.92 Å². The Bertz CT molecular complexity index is 1890. The molecule has 4 aliphatic rings. The van der Waals surface area contributed by atoms with Crippen LogP contribution < -0.4 is 11.5 Å². The number of nitrogens with two attached hydrogens (primary N) is 2. The quantitative estimate of drug-likeness (QED) is 0.0847. The number of amidine groups is 1. The minimum absolute atomic E-state index is 0.0590. The lowest BCUT2D eigenvalue weighted by Crippen LogP contribution is -2.47. The fourth-order valence-electron chi connectivity index (χ4n) is 6.21. The van der Waals surface area contributed by atoms with Crippen LogP contribution in [0.5, 0.6) is 0 Å². The second kappa shape index (κ2) is 12.0. The van der Waals surface area contributed by atoms with Crippen molar-refractivity contribution in [2.75, 3.05) is 26.0 Å². The maximum absolute atomic E-state index is 13.9. The van der Waals surface area contributed by atoms with Crippen molar-refractivity contribution in [2.45, 2.75) is 48.9 Å². The van der Waals surface area contributed by atoms with Crippen molar-refractivity contribution in [3.8, 4) is 0 Å². The standard InChI is InChI=1S/C24H30N10O9P2S2/c1-27-18(25)13-20(28-2)33(9-31-13)23-16-15(35)12(40-23)6-38-44(36,46)43-17-11-4-3-5-24(17,7-39-45(37,47)42-16)41-22(11)34-10-32-14-19(26)29-8-30-21(14)34/h3-4,8-12,15-17,22-23,35H,2,5-7H2,1H3,(H2,25,27)(H,36,46)(H,37,47)(H2,26,29,30)/t11-,12-,15-,16-,17+,22-,23-,24-,44-,45+/m1/s1. The fraction of sp³-hybridized carbons (Fsp3) is 0.500. The second-order valence-electron chi connectivity index (χ2n) is 11.1. The molecule has 19 nitrogen and oxygen atoms in total. The summed E-state index contributed by atoms with van der Waals surface area (Å²) in [4.78, 5) is 24.8. The summed E-state index contributed by atoms with van der Waals surface area (Å²) in [5.41, 5.74) is 11.5. The van der Waals surface area contributed by atoms with E-state index in [9.17, 15) is 14.2 Å². The number of rotatable bonds is 4. The van der Waals surface area contributed by atoms with Crippen LogP contribution in [0.3, 0.4) is 0 Å². The van der Waals surface area contributed by atoms with E-state index in [1.165, 1.54) is 30.6 Å². The number of nitrogen functional groups attached to an aromatic ring is 1. The highest BCUT2D eigenvalue weighted by Gasteiger charge is 2.60. The van der Waals surface area contributed by atoms with Gasteiger partial charge in [-0.3, -0.25) is 32.2 Å². The largest absolute Gasteiger partial charge is 0.387 e. The van der Waals surface area contributed by atoms with E-state index in [1.54, 1.807) is 4.57 Å². The lowest BCUT2D eigenvalue weighted by molar-refractivity contribution is -0.119. The Labute approximate surface area is 277 Å². The molecular formula is C24H30N10O9P2S2. The van der Waals surface area contributed by atoms with Gasteiger partial charge >= 0.3 is 13.6 Å². The Morgan fingerprint density at radius 1 is 1.13 bits per heavy atom. The molecule has 0 unspecified atom stereocenters. The SMILES string of the molecule is C=Nc1c(/C(N)=N\C)ncn1[C@@H]1O[C@@H]2CO[P@@](=O)(S)O[C@H]3[C@H]4C=CC[C@]3(CO[P@](=O)(S)O[C@@H]1[C@@H]2O)O[C@H]4n1cnc2c(N)ncnc21. The van der Waals surface area contributed by atoms with Crippen molar-refractivity contribution in [3.63, 3.8) is 0 Å². The Morgan fingerprint density at radius 2 is 1.89 bits per heavy atom. The van der Waals surface area contributed by atoms with Crippen LogP contribution in [-0.2, 0) is 36.7 Å². The second-order valence-corrected chi connectivity index (χ2v) is 16.9. The molecule has 3 saturated heterocycles. The highest BCUT2D eigenvalue weighted by atomic mass is 32.7. The van der Waals surface area contributed by atoms with Crippen molar-refractivity contribution in [1.82, 2.24) is 29.1 Å². The van der Waals surface area contributed by atoms with Crippen molar-refractivity contribution in [2.24, 2.45) is 21.6 Å². The first-order valence-electron chi connectivity index (χ1n) is 14.1. The first-order chi connectivity index (χ1) is 22.4. The summed E-state index contributed by atoms with van der Waals surface area (Å²) >= 11 is 8.49. The van der Waals surface area contributed by atoms with Crippen LogP contribution in [-0.4, -0.2) is 97.0 Å². The molecule has 0 radical (unpaired) electrons. The summed E-state index contributed by atoms with van der Waals surface area (Å²) in [6, 6.07) is 0. The number of imidazole rings is 2. The first-order valence-corrected chi connectivity index (χ1v) is 19.4. The Balaban J connectivity index is 1.24. The average Bonchev–Trinajstić information content (AvgIpc) is 3.76. The van der Waals surface area contributed by atoms with E-state index < -0.39 is 75.2 Å². The molecule has 5 N–H and O–H groups in total. The van der Waals surface area contributed by atoms with Crippen LogP contribution in [0.1, 0.15) is 24.6 Å². The van der Waals surface area contributed by atoms with Gasteiger partial charge in [0.05, 0.1) is 31.8 Å². The number of ether oxygens (including phenoxy) is 2. The summed E-state index contributed by atoms with van der Waals surface area (Å²) in [6.45, 7) is -5.83. The zero-order valence-corrected chi connectivity index (χ0v) is 28.1. The van der Waals surface area contributed by atoms with Crippen molar-refractivity contribution >= 4 is 73.4 Å². The molecule has 47 heavy (non-hydrogen) atoms. The van der Waals surface area contributed by atoms with E-state index in [4.69, 9.17) is 39.0 Å². The summed E-state index contributed by atoms with van der Waals surface area (Å²) in [5, 5.41) is 11.3. The molecule has 23 heteroatoms. The highest BCUT2D eigenvalue weighted by molar-refractivity contribution is 8.44. The molecule has 3 aromatic heterocycles. The third kappa shape index (κ3) is 5.66. The summed E-state index contributed by atoms with van der Waals surface area (Å²) in [7, 11) is 1.47. The zero-order valence-electron chi connectivity index (χ0n) is 24.5. The van der Waals surface area contributed by atoms with Crippen molar-refractivity contribution in [3.05, 3.63) is 36.8 Å². The van der Waals surface area contributed by atoms with Gasteiger partial charge in [0, 0.05) is 7.05 Å². The fourth-order valence-corrected chi connectivity index (χ4v) is 9.20. The number of fused-ring (bicyclic) bond motifs is 3. The third-order valence-corrected chi connectivity index (χ3v) is 11.6. The molecule has 0 aromatic carbocycles. The summed E-state index contributed by atoms with van der Waals surface area (Å²) in [6.07, 6.45) is 0.854. The van der Waals surface area contributed by atoms with Gasteiger partial charge in [0.15, 0.2) is 23.5 Å². The number of thiol groups is 2. The van der Waals surface area contributed by atoms with Gasteiger partial charge in [-0.1, -0.05) is 36.6 Å². The molecule has 3 aromatic rings. The molecular weight excluding hydrogens is 698 g/mol. The molecule has 1 aliphatic carbocycles. The topological polar surface area (TPSA) is 248 Å². The van der Waals surface area contributed by atoms with Gasteiger partial charge in [-0.25, -0.2) is 34.1 Å². The van der Waals surface area contributed by atoms with Crippen LogP contribution in [0.2, 0.25) is 0 Å². The minimum atomic E-state index is -4.31. The molecule has 6 heterocycles. The molecule has 0 saturated carbocycles. The molecule has 3 aliphatic heterocycles. The number of aliphatic imine (C=N–C) groups is 2. The van der Waals surface area contributed by atoms with Gasteiger partial charge < -0.3 is 26.0 Å². The van der Waals surface area contributed by atoms with Crippen molar-refractivity contribution < 1.29 is 41.8 Å². The van der Waals surface area contributed by atoms with E-state index in [2.05, 4.69) is 61.1 Å². The van der Waals surface area contributed by atoms with E-state index in [-0.39, 0.29) is 29.6 Å². The Hall–Kier alpha value is -2.68. The monoisotopic (exact) mass is 728 g/mol. The van der Waals surface area contributed by atoms with Crippen molar-refractivity contribution in [1.29, 1.82) is 0 Å². The normalized spacial score (nSPS) is 39.2. The molecule has 3 fully saturated rings. The van der Waals surface area contributed by atoms with Gasteiger partial charge in [0.1, 0.15) is 59.6 Å². The Kier molecular flexibility index (Phi) is 8.40. The molecule has 4 bridgehead atoms. The van der Waals surface area contributed by atoms with Crippen LogP contribution in [0.25, 0.3) is 11.2 Å². The Morgan fingerprint density at radius 3 is 2.66 bits per heavy atom. The first kappa shape index (κ1) is 32.8. The van der Waals surface area contributed by atoms with Gasteiger partial charge in [-0.2, -0.15) is 0 Å². The van der Waals surface area contributed by atoms with Crippen LogP contribution in [0.15, 0.2) is 41.1 Å². The number of hydrogen-bond acceptors (Lipinski definition) is 16. The highest BCUT2D eigenvalue weighted by Crippen LogP contribution is 2.63. The van der Waals surface area contributed by atoms with Gasteiger partial charge in [-0.05, 0) is 13.1 Å². The smallest absolute Gasteiger partial charge is 0.386 e. The molecule has 10 atom stereocenters. The maximum Gasteiger partial charge on any atom is 0.386 e. The molecule has 7 rings (SSSR count). The molecule has 252 valence electrons. The lowest BCUT2D eigenvalue weighted by Gasteiger charge is -2.37. The number of hydrogen-bond donors (Lipinski definition) is 5. The molecule has 0 spiro atoms. The van der Waals surface area contributed by atoms with Gasteiger partial charge in [0.25, 0.3) is 0 Å². The summed E-state index contributed by atoms with van der Waals surface area (Å²) in [5.74, 6) is -0.235. The van der Waals surface area contributed by atoms with E-state index >= 15 is 0 Å². The summed E-state index contributed by atoms with van der Waals surface area (Å²) < 4.78 is 66.8. The predicted molar refractivity (Wildman–Crippen MR) is 173 cm³/mol. The van der Waals surface area contributed by atoms with Gasteiger partial charge in [0.2, 0.25) is 0 Å². The zero-order chi connectivity index (χ0) is 33.3. The van der Waals surface area contributed by atoms with E-state index in [0.29, 0.717) is 11.2 Å². The average molecular weight is 729 g/mol. The number of anilines is 1. The minimum Gasteiger partial charge on any atom is -0.387 e. The molecule has 0 amide bonds. The number of aromatic nitrogens is 6. The number of nitrogens with zero attached hydrogens (tertiary/aromatic N) is 8.